The van der Waals surface area contributed by atoms with Gasteiger partial charge in [-0.1, -0.05) is 0 Å². The van der Waals surface area contributed by atoms with Gasteiger partial charge in [-0.05, 0) is 26.2 Å². The Kier molecular flexibility index (Phi) is 3.63. The zero-order valence-electron chi connectivity index (χ0n) is 9.67. The summed E-state index contributed by atoms with van der Waals surface area (Å²) in [6.07, 6.45) is 4.54. The Morgan fingerprint density at radius 1 is 1.59 bits per heavy atom. The molecule has 17 heavy (non-hydrogen) atoms. The average Bonchev–Trinajstić information content (AvgIpc) is 2.39. The first-order valence-corrected chi connectivity index (χ1v) is 5.72. The second-order valence-electron chi connectivity index (χ2n) is 4.15. The third-order valence-electron chi connectivity index (χ3n) is 2.86. The Bertz CT molecular complexity index is 405. The molecule has 0 saturated carbocycles. The molecule has 1 aromatic rings. The van der Waals surface area contributed by atoms with E-state index in [2.05, 4.69) is 15.2 Å². The van der Waals surface area contributed by atoms with Gasteiger partial charge in [0.1, 0.15) is 12.0 Å². The average molecular weight is 237 g/mol. The molecule has 1 aliphatic heterocycles. The second kappa shape index (κ2) is 5.18. The zero-order valence-corrected chi connectivity index (χ0v) is 9.67. The van der Waals surface area contributed by atoms with Crippen molar-refractivity contribution >= 4 is 5.97 Å². The number of hydrogen-bond acceptors (Lipinski definition) is 5. The van der Waals surface area contributed by atoms with Crippen LogP contribution >= 0.6 is 0 Å². The van der Waals surface area contributed by atoms with Crippen molar-refractivity contribution in [2.24, 2.45) is 0 Å². The summed E-state index contributed by atoms with van der Waals surface area (Å²) < 4.78 is 5.58. The van der Waals surface area contributed by atoms with Gasteiger partial charge < -0.3 is 9.84 Å². The topological polar surface area (TPSA) is 85.2 Å². The Morgan fingerprint density at radius 3 is 3.06 bits per heavy atom. The Morgan fingerprint density at radius 2 is 2.41 bits per heavy atom. The standard InChI is InChI=1S/C11H15N3O3/c1-7(11(15)16)10-13-8(6-12-14-10)9-4-2-3-5-17-9/h6-7,9H,2-5H2,1H3,(H,15,16). The molecular weight excluding hydrogens is 222 g/mol. The molecule has 0 aromatic carbocycles. The highest BCUT2D eigenvalue weighted by Crippen LogP contribution is 2.26. The maximum absolute atomic E-state index is 10.8. The molecule has 6 nitrogen and oxygen atoms in total. The largest absolute Gasteiger partial charge is 0.481 e. The van der Waals surface area contributed by atoms with Crippen molar-refractivity contribution in [1.82, 2.24) is 15.2 Å². The predicted molar refractivity (Wildman–Crippen MR) is 58.4 cm³/mol. The summed E-state index contributed by atoms with van der Waals surface area (Å²) in [4.78, 5) is 15.1. The van der Waals surface area contributed by atoms with Gasteiger partial charge >= 0.3 is 5.97 Å². The lowest BCUT2D eigenvalue weighted by Gasteiger charge is -2.21. The van der Waals surface area contributed by atoms with Crippen LogP contribution in [0, 0.1) is 0 Å². The number of carboxylic acids is 1. The predicted octanol–water partition coefficient (Wildman–Crippen LogP) is 1.30. The Hall–Kier alpha value is -1.56. The summed E-state index contributed by atoms with van der Waals surface area (Å²) in [6.45, 7) is 2.27. The first-order chi connectivity index (χ1) is 8.18. The maximum Gasteiger partial charge on any atom is 0.314 e. The van der Waals surface area contributed by atoms with Crippen molar-refractivity contribution in [2.45, 2.75) is 38.2 Å². The van der Waals surface area contributed by atoms with E-state index in [0.717, 1.165) is 25.9 Å². The summed E-state index contributed by atoms with van der Waals surface area (Å²) in [5.74, 6) is -1.45. The van der Waals surface area contributed by atoms with E-state index in [4.69, 9.17) is 9.84 Å². The molecule has 2 unspecified atom stereocenters. The molecule has 6 heteroatoms. The van der Waals surface area contributed by atoms with Crippen LogP contribution in [0.15, 0.2) is 6.20 Å². The third kappa shape index (κ3) is 2.76. The number of hydrogen-bond donors (Lipinski definition) is 1. The van der Waals surface area contributed by atoms with Gasteiger partial charge in [0.2, 0.25) is 0 Å². The van der Waals surface area contributed by atoms with Crippen molar-refractivity contribution in [3.8, 4) is 0 Å². The van der Waals surface area contributed by atoms with Crippen LogP contribution in [-0.2, 0) is 9.53 Å². The molecule has 2 rings (SSSR count). The van der Waals surface area contributed by atoms with Crippen molar-refractivity contribution in [3.63, 3.8) is 0 Å². The lowest BCUT2D eigenvalue weighted by atomic mass is 10.1. The highest BCUT2D eigenvalue weighted by atomic mass is 16.5. The lowest BCUT2D eigenvalue weighted by Crippen LogP contribution is -2.17. The van der Waals surface area contributed by atoms with Gasteiger partial charge in [0.05, 0.1) is 11.9 Å². The Labute approximate surface area is 99.0 Å². The number of nitrogens with zero attached hydrogens (tertiary/aromatic N) is 3. The van der Waals surface area contributed by atoms with Crippen molar-refractivity contribution in [2.75, 3.05) is 6.61 Å². The summed E-state index contributed by atoms with van der Waals surface area (Å²) in [7, 11) is 0. The van der Waals surface area contributed by atoms with Crippen LogP contribution in [0.25, 0.3) is 0 Å². The van der Waals surface area contributed by atoms with Crippen LogP contribution < -0.4 is 0 Å². The maximum atomic E-state index is 10.8. The highest BCUT2D eigenvalue weighted by Gasteiger charge is 2.22. The fraction of sp³-hybridized carbons (Fsp3) is 0.636. The molecule has 0 radical (unpaired) electrons. The monoisotopic (exact) mass is 237 g/mol. The molecule has 1 aliphatic rings. The van der Waals surface area contributed by atoms with Crippen LogP contribution in [0.1, 0.15) is 49.7 Å². The smallest absolute Gasteiger partial charge is 0.314 e. The van der Waals surface area contributed by atoms with Crippen LogP contribution in [0.4, 0.5) is 0 Å². The normalized spacial score (nSPS) is 22.1. The van der Waals surface area contributed by atoms with Gasteiger partial charge in [0.15, 0.2) is 5.82 Å². The van der Waals surface area contributed by atoms with E-state index >= 15 is 0 Å². The number of aliphatic carboxylic acids is 1. The Balaban J connectivity index is 2.18. The SMILES string of the molecule is CC(C(=O)O)c1nncc(C2CCCCO2)n1. The molecule has 1 saturated heterocycles. The third-order valence-corrected chi connectivity index (χ3v) is 2.86. The molecular formula is C11H15N3O3. The quantitative estimate of drug-likeness (QED) is 0.852. The van der Waals surface area contributed by atoms with E-state index in [1.54, 1.807) is 13.1 Å². The zero-order chi connectivity index (χ0) is 12.3. The van der Waals surface area contributed by atoms with Gasteiger partial charge in [-0.2, -0.15) is 5.10 Å². The van der Waals surface area contributed by atoms with Gasteiger partial charge in [-0.3, -0.25) is 4.79 Å². The second-order valence-corrected chi connectivity index (χ2v) is 4.15. The van der Waals surface area contributed by atoms with E-state index in [1.165, 1.54) is 0 Å². The van der Waals surface area contributed by atoms with E-state index in [1.807, 2.05) is 0 Å². The summed E-state index contributed by atoms with van der Waals surface area (Å²) in [5.41, 5.74) is 0.683. The number of carboxylic acid groups (broad SMARTS) is 1. The van der Waals surface area contributed by atoms with Gasteiger partial charge in [-0.25, -0.2) is 4.98 Å². The number of carbonyl (C=O) groups is 1. The van der Waals surface area contributed by atoms with E-state index in [0.29, 0.717) is 5.69 Å². The van der Waals surface area contributed by atoms with Crippen LogP contribution in [0.2, 0.25) is 0 Å². The number of aromatic nitrogens is 3. The highest BCUT2D eigenvalue weighted by molar-refractivity contribution is 5.74. The molecule has 1 N–H and O–H groups in total. The molecule has 2 heterocycles. The first kappa shape index (κ1) is 11.9. The molecule has 92 valence electrons. The van der Waals surface area contributed by atoms with Crippen LogP contribution in [0.3, 0.4) is 0 Å². The molecule has 0 spiro atoms. The van der Waals surface area contributed by atoms with Crippen molar-refractivity contribution in [1.29, 1.82) is 0 Å². The van der Waals surface area contributed by atoms with Gasteiger partial charge in [-0.15, -0.1) is 5.10 Å². The number of ether oxygens (including phenoxy) is 1. The van der Waals surface area contributed by atoms with Crippen molar-refractivity contribution < 1.29 is 14.6 Å². The minimum absolute atomic E-state index is 0.0704. The lowest BCUT2D eigenvalue weighted by molar-refractivity contribution is -0.138. The minimum atomic E-state index is -0.950. The van der Waals surface area contributed by atoms with Crippen LogP contribution in [-0.4, -0.2) is 32.9 Å². The molecule has 0 aliphatic carbocycles. The summed E-state index contributed by atoms with van der Waals surface area (Å²) in [6, 6.07) is 0. The first-order valence-electron chi connectivity index (χ1n) is 5.72. The molecule has 0 amide bonds. The molecule has 2 atom stereocenters. The van der Waals surface area contributed by atoms with Crippen molar-refractivity contribution in [3.05, 3.63) is 17.7 Å². The van der Waals surface area contributed by atoms with E-state index in [-0.39, 0.29) is 11.9 Å². The van der Waals surface area contributed by atoms with E-state index in [9.17, 15) is 4.79 Å². The van der Waals surface area contributed by atoms with Gasteiger partial charge in [0, 0.05) is 6.61 Å². The van der Waals surface area contributed by atoms with Gasteiger partial charge in [0.25, 0.3) is 0 Å². The molecule has 0 bridgehead atoms. The fourth-order valence-electron chi connectivity index (χ4n) is 1.75. The molecule has 1 aromatic heterocycles. The minimum Gasteiger partial charge on any atom is -0.481 e. The summed E-state index contributed by atoms with van der Waals surface area (Å²) in [5, 5.41) is 16.5. The molecule has 1 fully saturated rings. The number of rotatable bonds is 3. The fourth-order valence-corrected chi connectivity index (χ4v) is 1.75. The van der Waals surface area contributed by atoms with Crippen LogP contribution in [0.5, 0.6) is 0 Å². The van der Waals surface area contributed by atoms with E-state index < -0.39 is 11.9 Å². The summed E-state index contributed by atoms with van der Waals surface area (Å²) >= 11 is 0.